The van der Waals surface area contributed by atoms with Crippen LogP contribution in [0.4, 0.5) is 10.1 Å². The number of benzene rings is 1. The second kappa shape index (κ2) is 5.16. The van der Waals surface area contributed by atoms with Crippen molar-refractivity contribution < 1.29 is 14.0 Å². The standard InChI is InChI=1S/C15H10FN3O2/c16-9-3-4-13-11(6-9)12(8-18-13)14(20)15(21)19-10-2-1-5-17-7-10/h1-8,18H,(H,19,21). The van der Waals surface area contributed by atoms with Crippen LogP contribution in [-0.4, -0.2) is 21.7 Å². The molecule has 5 nitrogen and oxygen atoms in total. The van der Waals surface area contributed by atoms with Gasteiger partial charge in [-0.25, -0.2) is 4.39 Å². The third-order valence-electron chi connectivity index (χ3n) is 3.01. The number of amides is 1. The number of carbonyl (C=O) groups excluding carboxylic acids is 2. The Morgan fingerprint density at radius 1 is 1.24 bits per heavy atom. The minimum atomic E-state index is -0.798. The minimum absolute atomic E-state index is 0.130. The predicted octanol–water partition coefficient (Wildman–Crippen LogP) is 2.52. The molecule has 0 saturated heterocycles. The average Bonchev–Trinajstić information content (AvgIpc) is 2.90. The van der Waals surface area contributed by atoms with Gasteiger partial charge in [-0.05, 0) is 30.3 Å². The van der Waals surface area contributed by atoms with Crippen LogP contribution in [0.5, 0.6) is 0 Å². The van der Waals surface area contributed by atoms with Gasteiger partial charge in [0.15, 0.2) is 0 Å². The molecule has 2 aromatic heterocycles. The van der Waals surface area contributed by atoms with Crippen LogP contribution in [0, 0.1) is 5.82 Å². The van der Waals surface area contributed by atoms with Crippen molar-refractivity contribution in [1.82, 2.24) is 9.97 Å². The highest BCUT2D eigenvalue weighted by Crippen LogP contribution is 2.20. The number of nitrogens with one attached hydrogen (secondary N) is 2. The number of aromatic amines is 1. The quantitative estimate of drug-likeness (QED) is 0.573. The molecule has 6 heteroatoms. The number of hydrogen-bond acceptors (Lipinski definition) is 3. The predicted molar refractivity (Wildman–Crippen MR) is 75.5 cm³/mol. The van der Waals surface area contributed by atoms with E-state index in [2.05, 4.69) is 15.3 Å². The summed E-state index contributed by atoms with van der Waals surface area (Å²) in [6.07, 6.45) is 4.38. The van der Waals surface area contributed by atoms with Crippen LogP contribution in [-0.2, 0) is 4.79 Å². The molecule has 1 aromatic carbocycles. The molecule has 0 radical (unpaired) electrons. The average molecular weight is 283 g/mol. The number of hydrogen-bond donors (Lipinski definition) is 2. The maximum Gasteiger partial charge on any atom is 0.296 e. The zero-order valence-electron chi connectivity index (χ0n) is 10.8. The van der Waals surface area contributed by atoms with Gasteiger partial charge in [0.05, 0.1) is 17.4 Å². The molecule has 2 N–H and O–H groups in total. The fourth-order valence-corrected chi connectivity index (χ4v) is 2.03. The smallest absolute Gasteiger partial charge is 0.296 e. The van der Waals surface area contributed by atoms with Crippen molar-refractivity contribution in [3.63, 3.8) is 0 Å². The first-order chi connectivity index (χ1) is 10.1. The van der Waals surface area contributed by atoms with E-state index < -0.39 is 17.5 Å². The van der Waals surface area contributed by atoms with Gasteiger partial charge < -0.3 is 10.3 Å². The molecule has 104 valence electrons. The molecule has 1 amide bonds. The molecule has 0 fully saturated rings. The monoisotopic (exact) mass is 283 g/mol. The summed E-state index contributed by atoms with van der Waals surface area (Å²) in [5, 5.41) is 2.83. The highest BCUT2D eigenvalue weighted by molar-refractivity contribution is 6.48. The van der Waals surface area contributed by atoms with E-state index in [4.69, 9.17) is 0 Å². The zero-order chi connectivity index (χ0) is 14.8. The SMILES string of the molecule is O=C(Nc1cccnc1)C(=O)c1c[nH]c2ccc(F)cc12. The summed E-state index contributed by atoms with van der Waals surface area (Å²) in [7, 11) is 0. The number of rotatable bonds is 3. The molecule has 0 atom stereocenters. The summed E-state index contributed by atoms with van der Waals surface area (Å²) in [5.74, 6) is -2.01. The van der Waals surface area contributed by atoms with Crippen LogP contribution < -0.4 is 5.32 Å². The molecule has 3 rings (SSSR count). The maximum atomic E-state index is 13.3. The second-order valence-corrected chi connectivity index (χ2v) is 4.42. The van der Waals surface area contributed by atoms with Gasteiger partial charge in [0.25, 0.3) is 11.7 Å². The second-order valence-electron chi connectivity index (χ2n) is 4.42. The number of ketones is 1. The summed E-state index contributed by atoms with van der Waals surface area (Å²) < 4.78 is 13.3. The molecule has 21 heavy (non-hydrogen) atoms. The van der Waals surface area contributed by atoms with Gasteiger partial charge in [0, 0.05) is 23.3 Å². The van der Waals surface area contributed by atoms with Crippen LogP contribution in [0.25, 0.3) is 10.9 Å². The fraction of sp³-hybridized carbons (Fsp3) is 0. The summed E-state index contributed by atoms with van der Waals surface area (Å²) >= 11 is 0. The Balaban J connectivity index is 1.90. The summed E-state index contributed by atoms with van der Waals surface area (Å²) in [4.78, 5) is 30.8. The Hall–Kier alpha value is -3.02. The first-order valence-electron chi connectivity index (χ1n) is 6.17. The van der Waals surface area contributed by atoms with Gasteiger partial charge in [-0.15, -0.1) is 0 Å². The van der Waals surface area contributed by atoms with E-state index in [0.717, 1.165) is 0 Å². The third-order valence-corrected chi connectivity index (χ3v) is 3.01. The fourth-order valence-electron chi connectivity index (χ4n) is 2.03. The number of Topliss-reactive ketones (excluding diaryl/α,β-unsaturated/α-hetero) is 1. The zero-order valence-corrected chi connectivity index (χ0v) is 10.8. The van der Waals surface area contributed by atoms with Crippen molar-refractivity contribution in [2.75, 3.05) is 5.32 Å². The van der Waals surface area contributed by atoms with Gasteiger partial charge in [-0.3, -0.25) is 14.6 Å². The van der Waals surface area contributed by atoms with Crippen molar-refractivity contribution in [2.45, 2.75) is 0 Å². The number of carbonyl (C=O) groups is 2. The van der Waals surface area contributed by atoms with Crippen LogP contribution in [0.1, 0.15) is 10.4 Å². The van der Waals surface area contributed by atoms with Gasteiger partial charge in [-0.1, -0.05) is 0 Å². The lowest BCUT2D eigenvalue weighted by molar-refractivity contribution is -0.112. The van der Waals surface area contributed by atoms with Crippen LogP contribution in [0.2, 0.25) is 0 Å². The Morgan fingerprint density at radius 2 is 2.10 bits per heavy atom. The van der Waals surface area contributed by atoms with Gasteiger partial charge in [0.2, 0.25) is 0 Å². The molecule has 0 aliphatic heterocycles. The van der Waals surface area contributed by atoms with Crippen LogP contribution >= 0.6 is 0 Å². The molecule has 2 heterocycles. The Bertz CT molecular complexity index is 827. The van der Waals surface area contributed by atoms with Crippen molar-refractivity contribution in [3.8, 4) is 0 Å². The Labute approximate surface area is 118 Å². The summed E-state index contributed by atoms with van der Waals surface area (Å²) in [6, 6.07) is 7.27. The van der Waals surface area contributed by atoms with Crippen molar-refractivity contribution >= 4 is 28.3 Å². The molecule has 0 saturated carbocycles. The van der Waals surface area contributed by atoms with E-state index in [1.807, 2.05) is 0 Å². The molecule has 0 spiro atoms. The number of fused-ring (bicyclic) bond motifs is 1. The van der Waals surface area contributed by atoms with Crippen LogP contribution in [0.3, 0.4) is 0 Å². The molecule has 0 bridgehead atoms. The van der Waals surface area contributed by atoms with Gasteiger partial charge in [0.1, 0.15) is 5.82 Å². The van der Waals surface area contributed by atoms with E-state index in [0.29, 0.717) is 16.6 Å². The lowest BCUT2D eigenvalue weighted by Gasteiger charge is -2.03. The van der Waals surface area contributed by atoms with E-state index in [9.17, 15) is 14.0 Å². The van der Waals surface area contributed by atoms with Gasteiger partial charge >= 0.3 is 0 Å². The third kappa shape index (κ3) is 2.51. The molecule has 0 aliphatic rings. The van der Waals surface area contributed by atoms with Gasteiger partial charge in [-0.2, -0.15) is 0 Å². The largest absolute Gasteiger partial charge is 0.360 e. The molecule has 0 unspecified atom stereocenters. The van der Waals surface area contributed by atoms with E-state index >= 15 is 0 Å². The van der Waals surface area contributed by atoms with Crippen molar-refractivity contribution in [3.05, 3.63) is 60.3 Å². The minimum Gasteiger partial charge on any atom is -0.360 e. The number of nitrogens with zero attached hydrogens (tertiary/aromatic N) is 1. The highest BCUT2D eigenvalue weighted by Gasteiger charge is 2.20. The number of H-pyrrole nitrogens is 1. The van der Waals surface area contributed by atoms with E-state index in [1.54, 1.807) is 18.3 Å². The van der Waals surface area contributed by atoms with Crippen molar-refractivity contribution in [2.24, 2.45) is 0 Å². The van der Waals surface area contributed by atoms with Crippen LogP contribution in [0.15, 0.2) is 48.9 Å². The number of aromatic nitrogens is 2. The molecular formula is C15H10FN3O2. The lowest BCUT2D eigenvalue weighted by Crippen LogP contribution is -2.22. The summed E-state index contributed by atoms with van der Waals surface area (Å²) in [6.45, 7) is 0. The Kier molecular flexibility index (Phi) is 3.19. The normalized spacial score (nSPS) is 10.5. The lowest BCUT2D eigenvalue weighted by atomic mass is 10.1. The highest BCUT2D eigenvalue weighted by atomic mass is 19.1. The molecule has 3 aromatic rings. The summed E-state index contributed by atoms with van der Waals surface area (Å²) in [5.41, 5.74) is 1.14. The molecule has 0 aliphatic carbocycles. The first kappa shape index (κ1) is 13.0. The topological polar surface area (TPSA) is 74.8 Å². The van der Waals surface area contributed by atoms with E-state index in [-0.39, 0.29) is 5.56 Å². The van der Waals surface area contributed by atoms with Crippen molar-refractivity contribution in [1.29, 1.82) is 0 Å². The number of anilines is 1. The Morgan fingerprint density at radius 3 is 2.86 bits per heavy atom. The molecular weight excluding hydrogens is 273 g/mol. The number of pyridine rings is 1. The first-order valence-corrected chi connectivity index (χ1v) is 6.17. The van der Waals surface area contributed by atoms with E-state index in [1.165, 1.54) is 30.6 Å². The maximum absolute atomic E-state index is 13.3. The number of halogens is 1.